The standard InChI is InChI=1S/C25H33N3O3.ClH/c1-14(2)25(31)28-13-19-11-20(27(6)7)9-8-18(19)12-22(28)24(30)26-21-10-15(3)23(29)17(5)16(21)4;/h8-11,14,22,29H,12-13H2,1-7H3,(H,26,30);1H/t22-;/m0./s1. The lowest BCUT2D eigenvalue weighted by atomic mass is 9.91. The smallest absolute Gasteiger partial charge is 0.247 e. The first-order valence-corrected chi connectivity index (χ1v) is 10.7. The molecule has 0 aliphatic carbocycles. The number of rotatable bonds is 4. The van der Waals surface area contributed by atoms with Gasteiger partial charge < -0.3 is 20.2 Å². The Morgan fingerprint density at radius 1 is 1.09 bits per heavy atom. The van der Waals surface area contributed by atoms with Crippen molar-refractivity contribution in [3.05, 3.63) is 52.1 Å². The van der Waals surface area contributed by atoms with Crippen molar-refractivity contribution >= 4 is 35.6 Å². The van der Waals surface area contributed by atoms with Crippen LogP contribution in [0.25, 0.3) is 0 Å². The molecule has 0 bridgehead atoms. The molecule has 0 spiro atoms. The minimum atomic E-state index is -0.582. The summed E-state index contributed by atoms with van der Waals surface area (Å²) in [6, 6.07) is 7.40. The minimum absolute atomic E-state index is 0. The van der Waals surface area contributed by atoms with Crippen molar-refractivity contribution in [2.45, 2.75) is 53.6 Å². The van der Waals surface area contributed by atoms with Crippen molar-refractivity contribution in [3.63, 3.8) is 0 Å². The van der Waals surface area contributed by atoms with E-state index in [-0.39, 0.29) is 35.9 Å². The van der Waals surface area contributed by atoms with Crippen LogP contribution in [0.5, 0.6) is 5.75 Å². The fourth-order valence-corrected chi connectivity index (χ4v) is 4.06. The SMILES string of the molecule is Cc1cc(NC(=O)[C@@H]2Cc3ccc(N(C)C)cc3CN2C(=O)C(C)C)c(C)c(C)c1O.Cl. The second kappa shape index (κ2) is 9.82. The monoisotopic (exact) mass is 459 g/mol. The van der Waals surface area contributed by atoms with E-state index in [9.17, 15) is 14.7 Å². The molecule has 0 saturated carbocycles. The van der Waals surface area contributed by atoms with Gasteiger partial charge in [-0.2, -0.15) is 0 Å². The Balaban J connectivity index is 0.00000363. The number of anilines is 2. The molecular weight excluding hydrogens is 426 g/mol. The molecule has 1 heterocycles. The summed E-state index contributed by atoms with van der Waals surface area (Å²) in [6.07, 6.45) is 0.475. The zero-order valence-electron chi connectivity index (χ0n) is 19.9. The summed E-state index contributed by atoms with van der Waals surface area (Å²) >= 11 is 0. The van der Waals surface area contributed by atoms with E-state index in [1.165, 1.54) is 0 Å². The Kier molecular flexibility index (Phi) is 7.83. The van der Waals surface area contributed by atoms with Crippen LogP contribution < -0.4 is 10.2 Å². The van der Waals surface area contributed by atoms with Gasteiger partial charge in [-0.3, -0.25) is 9.59 Å². The van der Waals surface area contributed by atoms with Gasteiger partial charge in [0, 0.05) is 44.4 Å². The van der Waals surface area contributed by atoms with E-state index in [1.807, 2.05) is 59.7 Å². The fourth-order valence-electron chi connectivity index (χ4n) is 4.06. The molecular formula is C25H34ClN3O3. The molecule has 2 amide bonds. The highest BCUT2D eigenvalue weighted by molar-refractivity contribution is 5.98. The second-order valence-corrected chi connectivity index (χ2v) is 9.02. The second-order valence-electron chi connectivity index (χ2n) is 9.02. The normalized spacial score (nSPS) is 15.1. The van der Waals surface area contributed by atoms with Crippen molar-refractivity contribution in [2.24, 2.45) is 5.92 Å². The lowest BCUT2D eigenvalue weighted by molar-refractivity contribution is -0.142. The van der Waals surface area contributed by atoms with Crippen LogP contribution in [0, 0.1) is 26.7 Å². The van der Waals surface area contributed by atoms with Crippen LogP contribution in [-0.2, 0) is 22.6 Å². The summed E-state index contributed by atoms with van der Waals surface area (Å²) in [4.78, 5) is 30.1. The number of phenolic OH excluding ortho intramolecular Hbond substituents is 1. The third-order valence-electron chi connectivity index (χ3n) is 6.23. The molecule has 2 aromatic rings. The molecule has 0 fully saturated rings. The van der Waals surface area contributed by atoms with Crippen molar-refractivity contribution in [1.29, 1.82) is 0 Å². The van der Waals surface area contributed by atoms with Crippen LogP contribution in [0.2, 0.25) is 0 Å². The van der Waals surface area contributed by atoms with Gasteiger partial charge in [-0.05, 0) is 66.8 Å². The maximum atomic E-state index is 13.4. The lowest BCUT2D eigenvalue weighted by Gasteiger charge is -2.37. The van der Waals surface area contributed by atoms with Gasteiger partial charge in [0.25, 0.3) is 0 Å². The van der Waals surface area contributed by atoms with E-state index < -0.39 is 6.04 Å². The van der Waals surface area contributed by atoms with E-state index in [1.54, 1.807) is 11.0 Å². The average Bonchev–Trinajstić information content (AvgIpc) is 2.73. The Labute approximate surface area is 197 Å². The highest BCUT2D eigenvalue weighted by atomic mass is 35.5. The highest BCUT2D eigenvalue weighted by Gasteiger charge is 2.36. The van der Waals surface area contributed by atoms with E-state index in [2.05, 4.69) is 17.4 Å². The average molecular weight is 460 g/mol. The number of amides is 2. The lowest BCUT2D eigenvalue weighted by Crippen LogP contribution is -2.51. The maximum absolute atomic E-state index is 13.4. The maximum Gasteiger partial charge on any atom is 0.247 e. The molecule has 0 aromatic heterocycles. The first kappa shape index (κ1) is 25.5. The number of carbonyl (C=O) groups excluding carboxylic acids is 2. The van der Waals surface area contributed by atoms with Crippen LogP contribution in [0.15, 0.2) is 24.3 Å². The number of fused-ring (bicyclic) bond motifs is 1. The van der Waals surface area contributed by atoms with Crippen molar-refractivity contribution < 1.29 is 14.7 Å². The van der Waals surface area contributed by atoms with Crippen LogP contribution >= 0.6 is 12.4 Å². The van der Waals surface area contributed by atoms with Crippen molar-refractivity contribution in [1.82, 2.24) is 4.90 Å². The molecule has 1 aliphatic rings. The van der Waals surface area contributed by atoms with Gasteiger partial charge in [0.15, 0.2) is 0 Å². The number of benzene rings is 2. The summed E-state index contributed by atoms with van der Waals surface area (Å²) in [5, 5.41) is 13.2. The molecule has 32 heavy (non-hydrogen) atoms. The number of aryl methyl sites for hydroxylation is 1. The van der Waals surface area contributed by atoms with Crippen LogP contribution in [0.3, 0.4) is 0 Å². The quantitative estimate of drug-likeness (QED) is 0.666. The third-order valence-corrected chi connectivity index (χ3v) is 6.23. The Hall–Kier alpha value is -2.73. The molecule has 0 radical (unpaired) electrons. The summed E-state index contributed by atoms with van der Waals surface area (Å²) < 4.78 is 0. The van der Waals surface area contributed by atoms with Gasteiger partial charge >= 0.3 is 0 Å². The summed E-state index contributed by atoms with van der Waals surface area (Å²) in [5.41, 5.74) is 6.19. The first-order valence-electron chi connectivity index (χ1n) is 10.7. The molecule has 0 unspecified atom stereocenters. The fraction of sp³-hybridized carbons (Fsp3) is 0.440. The van der Waals surface area contributed by atoms with Gasteiger partial charge in [-0.15, -0.1) is 12.4 Å². The largest absolute Gasteiger partial charge is 0.507 e. The Morgan fingerprint density at radius 2 is 1.75 bits per heavy atom. The zero-order valence-corrected chi connectivity index (χ0v) is 20.8. The first-order chi connectivity index (χ1) is 14.5. The summed E-state index contributed by atoms with van der Waals surface area (Å²) in [5.74, 6) is -0.191. The van der Waals surface area contributed by atoms with Crippen molar-refractivity contribution in [2.75, 3.05) is 24.3 Å². The van der Waals surface area contributed by atoms with E-state index in [4.69, 9.17) is 0 Å². The van der Waals surface area contributed by atoms with Gasteiger partial charge in [-0.1, -0.05) is 19.9 Å². The molecule has 1 aliphatic heterocycles. The van der Waals surface area contributed by atoms with Gasteiger partial charge in [0.05, 0.1) is 0 Å². The van der Waals surface area contributed by atoms with E-state index in [0.29, 0.717) is 24.2 Å². The number of carbonyl (C=O) groups is 2. The molecule has 6 nitrogen and oxygen atoms in total. The number of nitrogens with zero attached hydrogens (tertiary/aromatic N) is 2. The number of hydrogen-bond donors (Lipinski definition) is 2. The molecule has 174 valence electrons. The molecule has 2 aromatic carbocycles. The molecule has 3 rings (SSSR count). The van der Waals surface area contributed by atoms with Gasteiger partial charge in [-0.25, -0.2) is 0 Å². The zero-order chi connectivity index (χ0) is 23.0. The Morgan fingerprint density at radius 3 is 2.34 bits per heavy atom. The van der Waals surface area contributed by atoms with Gasteiger partial charge in [0.1, 0.15) is 11.8 Å². The van der Waals surface area contributed by atoms with Gasteiger partial charge in [0.2, 0.25) is 11.8 Å². The van der Waals surface area contributed by atoms with Crippen LogP contribution in [0.4, 0.5) is 11.4 Å². The molecule has 0 saturated heterocycles. The highest BCUT2D eigenvalue weighted by Crippen LogP contribution is 2.32. The summed E-state index contributed by atoms with van der Waals surface area (Å²) in [6.45, 7) is 9.66. The summed E-state index contributed by atoms with van der Waals surface area (Å²) in [7, 11) is 3.98. The number of halogens is 1. The van der Waals surface area contributed by atoms with Crippen molar-refractivity contribution in [3.8, 4) is 5.75 Å². The number of hydrogen-bond acceptors (Lipinski definition) is 4. The van der Waals surface area contributed by atoms with Crippen LogP contribution in [0.1, 0.15) is 41.7 Å². The number of phenols is 1. The number of nitrogens with one attached hydrogen (secondary N) is 1. The molecule has 7 heteroatoms. The third kappa shape index (κ3) is 4.85. The minimum Gasteiger partial charge on any atom is -0.507 e. The van der Waals surface area contributed by atoms with Crippen LogP contribution in [-0.4, -0.2) is 42.0 Å². The molecule has 1 atom stereocenters. The van der Waals surface area contributed by atoms with E-state index in [0.717, 1.165) is 27.9 Å². The predicted octanol–water partition coefficient (Wildman–Crippen LogP) is 4.35. The molecule has 2 N–H and O–H groups in total. The topological polar surface area (TPSA) is 72.9 Å². The van der Waals surface area contributed by atoms with E-state index >= 15 is 0 Å². The number of aromatic hydroxyl groups is 1. The predicted molar refractivity (Wildman–Crippen MR) is 132 cm³/mol. The Bertz CT molecular complexity index is 1030.